The Hall–Kier alpha value is -3.94. The van der Waals surface area contributed by atoms with Crippen LogP contribution in [0.1, 0.15) is 23.6 Å². The van der Waals surface area contributed by atoms with Crippen molar-refractivity contribution in [1.29, 1.82) is 0 Å². The summed E-state index contributed by atoms with van der Waals surface area (Å²) in [4.78, 5) is 23.4. The number of pyridine rings is 1. The molecule has 0 atom stereocenters. The van der Waals surface area contributed by atoms with Crippen LogP contribution in [0.25, 0.3) is 0 Å². The van der Waals surface area contributed by atoms with Gasteiger partial charge in [-0.05, 0) is 30.7 Å². The second kappa shape index (κ2) is 11.4. The summed E-state index contributed by atoms with van der Waals surface area (Å²) in [5, 5.41) is 5.46. The van der Waals surface area contributed by atoms with Crippen LogP contribution in [0.5, 0.6) is 0 Å². The maximum absolute atomic E-state index is 13.6. The normalized spacial score (nSPS) is 11.6. The van der Waals surface area contributed by atoms with E-state index >= 15 is 0 Å². The van der Waals surface area contributed by atoms with E-state index in [-0.39, 0.29) is 37.3 Å². The molecule has 14 heteroatoms. The summed E-state index contributed by atoms with van der Waals surface area (Å²) in [7, 11) is -2.35. The van der Waals surface area contributed by atoms with Gasteiger partial charge < -0.3 is 15.4 Å². The van der Waals surface area contributed by atoms with Crippen molar-refractivity contribution in [2.75, 3.05) is 34.8 Å². The molecule has 0 fully saturated rings. The quantitative estimate of drug-likeness (QED) is 0.371. The minimum absolute atomic E-state index is 0.0707. The first kappa shape index (κ1) is 27.6. The van der Waals surface area contributed by atoms with Crippen molar-refractivity contribution < 1.29 is 31.1 Å². The number of alkyl halides is 3. The Bertz CT molecular complexity index is 1350. The van der Waals surface area contributed by atoms with Gasteiger partial charge in [0.1, 0.15) is 17.2 Å². The monoisotopic (exact) mass is 538 g/mol. The van der Waals surface area contributed by atoms with Gasteiger partial charge >= 0.3 is 12.1 Å². The van der Waals surface area contributed by atoms with Crippen LogP contribution >= 0.6 is 0 Å². The fourth-order valence-electron chi connectivity index (χ4n) is 3.19. The van der Waals surface area contributed by atoms with Crippen molar-refractivity contribution in [1.82, 2.24) is 15.0 Å². The largest absolute Gasteiger partial charge is 0.466 e. The third-order valence-corrected chi connectivity index (χ3v) is 6.24. The third kappa shape index (κ3) is 7.52. The van der Waals surface area contributed by atoms with Crippen molar-refractivity contribution >= 4 is 39.3 Å². The SMILES string of the molecule is CCOC(=O)Cc1ccc(Nc2ncc(C(F)(F)F)c(NCc3cccnc3N(C)S(C)(=O)=O)n2)cc1. The van der Waals surface area contributed by atoms with Crippen LogP contribution in [0.2, 0.25) is 0 Å². The predicted molar refractivity (Wildman–Crippen MR) is 132 cm³/mol. The van der Waals surface area contributed by atoms with Crippen LogP contribution in [0, 0.1) is 0 Å². The van der Waals surface area contributed by atoms with Gasteiger partial charge in [0.2, 0.25) is 16.0 Å². The highest BCUT2D eigenvalue weighted by Crippen LogP contribution is 2.34. The van der Waals surface area contributed by atoms with Crippen LogP contribution < -0.4 is 14.9 Å². The number of aromatic nitrogens is 3. The first-order valence-electron chi connectivity index (χ1n) is 11.0. The maximum Gasteiger partial charge on any atom is 0.421 e. The zero-order valence-electron chi connectivity index (χ0n) is 20.2. The van der Waals surface area contributed by atoms with Gasteiger partial charge in [0.25, 0.3) is 0 Å². The number of halogens is 3. The van der Waals surface area contributed by atoms with Gasteiger partial charge in [-0.25, -0.2) is 18.4 Å². The van der Waals surface area contributed by atoms with Gasteiger partial charge in [0.15, 0.2) is 0 Å². The Balaban J connectivity index is 1.82. The molecule has 37 heavy (non-hydrogen) atoms. The van der Waals surface area contributed by atoms with Gasteiger partial charge in [0.05, 0.1) is 19.3 Å². The van der Waals surface area contributed by atoms with E-state index in [1.54, 1.807) is 43.3 Å². The second-order valence-corrected chi connectivity index (χ2v) is 9.84. The van der Waals surface area contributed by atoms with Crippen molar-refractivity contribution in [3.8, 4) is 0 Å². The van der Waals surface area contributed by atoms with E-state index in [2.05, 4.69) is 25.6 Å². The zero-order chi connectivity index (χ0) is 27.2. The average molecular weight is 539 g/mol. The predicted octanol–water partition coefficient (Wildman–Crippen LogP) is 3.75. The number of benzene rings is 1. The number of anilines is 4. The number of hydrogen-bond donors (Lipinski definition) is 2. The average Bonchev–Trinajstić information content (AvgIpc) is 2.82. The minimum atomic E-state index is -4.74. The molecule has 2 heterocycles. The Morgan fingerprint density at radius 2 is 1.84 bits per heavy atom. The van der Waals surface area contributed by atoms with Crippen LogP contribution in [0.4, 0.5) is 36.4 Å². The molecular weight excluding hydrogens is 513 g/mol. The van der Waals surface area contributed by atoms with Gasteiger partial charge in [-0.2, -0.15) is 18.2 Å². The smallest absolute Gasteiger partial charge is 0.421 e. The summed E-state index contributed by atoms with van der Waals surface area (Å²) in [5.41, 5.74) is 0.437. The lowest BCUT2D eigenvalue weighted by molar-refractivity contribution is -0.142. The summed E-state index contributed by atoms with van der Waals surface area (Å²) in [6, 6.07) is 9.69. The van der Waals surface area contributed by atoms with Crippen molar-refractivity contribution in [2.24, 2.45) is 0 Å². The molecule has 1 aromatic carbocycles. The molecule has 0 spiro atoms. The van der Waals surface area contributed by atoms with Crippen molar-refractivity contribution in [3.63, 3.8) is 0 Å². The van der Waals surface area contributed by atoms with Crippen LogP contribution in [-0.4, -0.2) is 49.2 Å². The Kier molecular flexibility index (Phi) is 8.53. The molecule has 0 aliphatic rings. The standard InChI is InChI=1S/C23H25F3N6O4S/c1-4-36-19(33)12-15-7-9-17(10-8-15)30-22-29-14-18(23(24,25)26)20(31-22)28-13-16-6-5-11-27-21(16)32(2)37(3,34)35/h5-11,14H,4,12-13H2,1-3H3,(H2,28,29,30,31). The Morgan fingerprint density at radius 3 is 2.46 bits per heavy atom. The number of sulfonamides is 1. The van der Waals surface area contributed by atoms with E-state index in [9.17, 15) is 26.4 Å². The molecule has 0 aliphatic heterocycles. The van der Waals surface area contributed by atoms with Crippen LogP contribution in [-0.2, 0) is 38.7 Å². The first-order chi connectivity index (χ1) is 17.4. The molecule has 2 aromatic heterocycles. The number of carbonyl (C=O) groups excluding carboxylic acids is 1. The Labute approximate surface area is 212 Å². The molecule has 0 aliphatic carbocycles. The van der Waals surface area contributed by atoms with Crippen LogP contribution in [0.3, 0.4) is 0 Å². The van der Waals surface area contributed by atoms with Crippen LogP contribution in [0.15, 0.2) is 48.8 Å². The highest BCUT2D eigenvalue weighted by molar-refractivity contribution is 7.92. The summed E-state index contributed by atoms with van der Waals surface area (Å²) in [6.45, 7) is 1.80. The fraction of sp³-hybridized carbons (Fsp3) is 0.304. The number of ether oxygens (including phenoxy) is 1. The molecule has 0 amide bonds. The fourth-order valence-corrected chi connectivity index (χ4v) is 3.66. The highest BCUT2D eigenvalue weighted by atomic mass is 32.2. The van der Waals surface area contributed by atoms with Gasteiger partial charge in [-0.15, -0.1) is 0 Å². The van der Waals surface area contributed by atoms with E-state index in [4.69, 9.17) is 4.74 Å². The van der Waals surface area contributed by atoms with Crippen molar-refractivity contribution in [3.05, 3.63) is 65.5 Å². The molecular formula is C23H25F3N6O4S. The van der Waals surface area contributed by atoms with Gasteiger partial charge in [-0.1, -0.05) is 18.2 Å². The van der Waals surface area contributed by atoms with E-state index in [1.165, 1.54) is 13.2 Å². The summed E-state index contributed by atoms with van der Waals surface area (Å²) in [6.07, 6.45) is -1.63. The summed E-state index contributed by atoms with van der Waals surface area (Å²) in [5.74, 6) is -0.903. The molecule has 0 saturated carbocycles. The maximum atomic E-state index is 13.6. The van der Waals surface area contributed by atoms with E-state index in [1.807, 2.05) is 0 Å². The molecule has 0 unspecified atom stereocenters. The molecule has 0 bridgehead atoms. The third-order valence-electron chi connectivity index (χ3n) is 5.07. The van der Waals surface area contributed by atoms with E-state index < -0.39 is 27.6 Å². The number of carbonyl (C=O) groups is 1. The summed E-state index contributed by atoms with van der Waals surface area (Å²) < 4.78 is 70.6. The highest BCUT2D eigenvalue weighted by Gasteiger charge is 2.35. The molecule has 2 N–H and O–H groups in total. The lowest BCUT2D eigenvalue weighted by Gasteiger charge is -2.20. The lowest BCUT2D eigenvalue weighted by atomic mass is 10.1. The number of hydrogen-bond acceptors (Lipinski definition) is 9. The minimum Gasteiger partial charge on any atom is -0.466 e. The first-order valence-corrected chi connectivity index (χ1v) is 12.8. The van der Waals surface area contributed by atoms with Gasteiger partial charge in [0, 0.05) is 37.2 Å². The summed E-state index contributed by atoms with van der Waals surface area (Å²) >= 11 is 0. The second-order valence-electron chi connectivity index (χ2n) is 7.83. The van der Waals surface area contributed by atoms with Crippen molar-refractivity contribution in [2.45, 2.75) is 26.1 Å². The molecule has 10 nitrogen and oxygen atoms in total. The van der Waals surface area contributed by atoms with Gasteiger partial charge in [-0.3, -0.25) is 9.10 Å². The van der Waals surface area contributed by atoms with E-state index in [0.29, 0.717) is 23.0 Å². The number of esters is 1. The molecule has 0 radical (unpaired) electrons. The topological polar surface area (TPSA) is 126 Å². The molecule has 3 rings (SSSR count). The molecule has 0 saturated heterocycles. The van der Waals surface area contributed by atoms with E-state index in [0.717, 1.165) is 10.6 Å². The molecule has 3 aromatic rings. The number of nitrogens with one attached hydrogen (secondary N) is 2. The zero-order valence-corrected chi connectivity index (χ0v) is 21.0. The number of rotatable bonds is 10. The number of nitrogens with zero attached hydrogens (tertiary/aromatic N) is 4. The lowest BCUT2D eigenvalue weighted by Crippen LogP contribution is -2.27. The molecule has 198 valence electrons. The Morgan fingerprint density at radius 1 is 1.14 bits per heavy atom.